The van der Waals surface area contributed by atoms with Gasteiger partial charge in [0.25, 0.3) is 0 Å². The van der Waals surface area contributed by atoms with Gasteiger partial charge >= 0.3 is 0 Å². The van der Waals surface area contributed by atoms with E-state index >= 15 is 0 Å². The number of rotatable bonds is 7. The maximum absolute atomic E-state index is 12.3. The number of aliphatic imine (C=N–C) groups is 1. The Labute approximate surface area is 206 Å². The highest BCUT2D eigenvalue weighted by atomic mass is 127. The second-order valence-corrected chi connectivity index (χ2v) is 7.17. The van der Waals surface area contributed by atoms with Crippen molar-refractivity contribution in [2.24, 2.45) is 4.99 Å². The third-order valence-corrected chi connectivity index (χ3v) is 5.29. The van der Waals surface area contributed by atoms with Gasteiger partial charge in [-0.15, -0.1) is 24.0 Å². The zero-order valence-electron chi connectivity index (χ0n) is 18.9. The first kappa shape index (κ1) is 25.6. The minimum Gasteiger partial charge on any atom is -0.497 e. The van der Waals surface area contributed by atoms with E-state index in [2.05, 4.69) is 20.5 Å². The van der Waals surface area contributed by atoms with Crippen LogP contribution in [0.3, 0.4) is 0 Å². The Morgan fingerprint density at radius 2 is 1.66 bits per heavy atom. The van der Waals surface area contributed by atoms with Gasteiger partial charge in [0.2, 0.25) is 5.91 Å². The summed E-state index contributed by atoms with van der Waals surface area (Å²) in [6, 6.07) is 11.7. The number of benzene rings is 2. The number of nitrogens with zero attached hydrogens (tertiary/aromatic N) is 2. The number of carbonyl (C=O) groups excluding carboxylic acids is 1. The number of hydrogen-bond acceptors (Lipinski definition) is 5. The molecule has 0 saturated heterocycles. The van der Waals surface area contributed by atoms with E-state index in [4.69, 9.17) is 14.2 Å². The van der Waals surface area contributed by atoms with Crippen molar-refractivity contribution in [3.63, 3.8) is 0 Å². The third-order valence-electron chi connectivity index (χ3n) is 5.29. The molecule has 0 saturated carbocycles. The molecule has 1 aliphatic rings. The smallest absolute Gasteiger partial charge is 0.239 e. The summed E-state index contributed by atoms with van der Waals surface area (Å²) in [7, 11) is 6.63. The lowest BCUT2D eigenvalue weighted by Gasteiger charge is -2.32. The van der Waals surface area contributed by atoms with Crippen molar-refractivity contribution in [3.8, 4) is 17.2 Å². The van der Waals surface area contributed by atoms with Crippen LogP contribution in [0.25, 0.3) is 0 Å². The molecule has 0 aliphatic carbocycles. The maximum Gasteiger partial charge on any atom is 0.239 e. The number of hydrogen-bond donors (Lipinski definition) is 2. The Balaban J connectivity index is 0.00000363. The lowest BCUT2D eigenvalue weighted by Crippen LogP contribution is -2.47. The number of halogens is 1. The highest BCUT2D eigenvalue weighted by Crippen LogP contribution is 2.33. The van der Waals surface area contributed by atoms with E-state index in [9.17, 15) is 4.79 Å². The Morgan fingerprint density at radius 3 is 2.25 bits per heavy atom. The van der Waals surface area contributed by atoms with Crippen LogP contribution in [0.1, 0.15) is 16.7 Å². The topological polar surface area (TPSA) is 84.4 Å². The first-order chi connectivity index (χ1) is 15.1. The summed E-state index contributed by atoms with van der Waals surface area (Å²) >= 11 is 0. The molecular weight excluding hydrogens is 523 g/mol. The molecule has 0 atom stereocenters. The number of ether oxygens (including phenoxy) is 3. The number of nitrogens with one attached hydrogen (secondary N) is 2. The molecular formula is C23H31IN4O4. The van der Waals surface area contributed by atoms with Crippen LogP contribution in [0.2, 0.25) is 0 Å². The Hall–Kier alpha value is -2.69. The van der Waals surface area contributed by atoms with Crippen molar-refractivity contribution >= 4 is 35.8 Å². The molecule has 32 heavy (non-hydrogen) atoms. The monoisotopic (exact) mass is 554 g/mol. The van der Waals surface area contributed by atoms with Gasteiger partial charge in [0, 0.05) is 26.7 Å². The molecule has 2 N–H and O–H groups in total. The summed E-state index contributed by atoms with van der Waals surface area (Å²) in [6.45, 7) is 2.10. The van der Waals surface area contributed by atoms with Crippen LogP contribution >= 0.6 is 24.0 Å². The molecule has 8 nitrogen and oxygen atoms in total. The minimum absolute atomic E-state index is 0. The Morgan fingerprint density at radius 1 is 1.00 bits per heavy atom. The molecule has 0 fully saturated rings. The first-order valence-electron chi connectivity index (χ1n) is 10.2. The summed E-state index contributed by atoms with van der Waals surface area (Å²) in [4.78, 5) is 18.8. The summed E-state index contributed by atoms with van der Waals surface area (Å²) < 4.78 is 16.0. The van der Waals surface area contributed by atoms with E-state index in [-0.39, 0.29) is 36.4 Å². The summed E-state index contributed by atoms with van der Waals surface area (Å²) in [5.74, 6) is 2.84. The SMILES string of the molecule is CN=C(NCC(=O)NCc1ccc(OC)cc1)N1CCc2cc(OC)c(OC)cc2C1.I. The van der Waals surface area contributed by atoms with Gasteiger partial charge in [0.1, 0.15) is 5.75 Å². The molecule has 0 bridgehead atoms. The molecule has 1 amide bonds. The predicted molar refractivity (Wildman–Crippen MR) is 135 cm³/mol. The highest BCUT2D eigenvalue weighted by Gasteiger charge is 2.22. The molecule has 1 aliphatic heterocycles. The molecule has 1 heterocycles. The van der Waals surface area contributed by atoms with Gasteiger partial charge in [-0.1, -0.05) is 12.1 Å². The van der Waals surface area contributed by atoms with Gasteiger partial charge in [0.15, 0.2) is 17.5 Å². The van der Waals surface area contributed by atoms with Gasteiger partial charge < -0.3 is 29.7 Å². The molecule has 9 heteroatoms. The maximum atomic E-state index is 12.3. The largest absolute Gasteiger partial charge is 0.497 e. The fraction of sp³-hybridized carbons (Fsp3) is 0.391. The normalized spacial score (nSPS) is 12.9. The van der Waals surface area contributed by atoms with Crippen LogP contribution < -0.4 is 24.8 Å². The van der Waals surface area contributed by atoms with Crippen molar-refractivity contribution < 1.29 is 19.0 Å². The molecule has 174 valence electrons. The van der Waals surface area contributed by atoms with Crippen LogP contribution in [0.5, 0.6) is 17.2 Å². The molecule has 0 spiro atoms. The van der Waals surface area contributed by atoms with Crippen LogP contribution in [-0.4, -0.2) is 58.2 Å². The molecule has 0 radical (unpaired) electrons. The lowest BCUT2D eigenvalue weighted by atomic mass is 9.99. The van der Waals surface area contributed by atoms with Crippen LogP contribution in [0.4, 0.5) is 0 Å². The number of amides is 1. The van der Waals surface area contributed by atoms with Gasteiger partial charge in [-0.3, -0.25) is 9.79 Å². The summed E-state index contributed by atoms with van der Waals surface area (Å²) in [6.07, 6.45) is 0.861. The Kier molecular flexibility index (Phi) is 9.89. The summed E-state index contributed by atoms with van der Waals surface area (Å²) in [5.41, 5.74) is 3.41. The minimum atomic E-state index is -0.0965. The second kappa shape index (κ2) is 12.4. The molecule has 3 rings (SSSR count). The van der Waals surface area contributed by atoms with Gasteiger partial charge in [-0.2, -0.15) is 0 Å². The second-order valence-electron chi connectivity index (χ2n) is 7.17. The van der Waals surface area contributed by atoms with Crippen molar-refractivity contribution in [2.45, 2.75) is 19.5 Å². The fourth-order valence-corrected chi connectivity index (χ4v) is 3.56. The van der Waals surface area contributed by atoms with E-state index in [0.717, 1.165) is 35.6 Å². The lowest BCUT2D eigenvalue weighted by molar-refractivity contribution is -0.120. The van der Waals surface area contributed by atoms with E-state index in [0.29, 0.717) is 24.8 Å². The third kappa shape index (κ3) is 6.41. The van der Waals surface area contributed by atoms with Crippen molar-refractivity contribution in [1.82, 2.24) is 15.5 Å². The van der Waals surface area contributed by atoms with Crippen molar-refractivity contribution in [2.75, 3.05) is 41.5 Å². The zero-order valence-corrected chi connectivity index (χ0v) is 21.3. The molecule has 2 aromatic carbocycles. The summed E-state index contributed by atoms with van der Waals surface area (Å²) in [5, 5.41) is 6.08. The van der Waals surface area contributed by atoms with E-state index in [1.807, 2.05) is 36.4 Å². The average molecular weight is 554 g/mol. The van der Waals surface area contributed by atoms with E-state index in [1.54, 1.807) is 28.4 Å². The quantitative estimate of drug-likeness (QED) is 0.311. The van der Waals surface area contributed by atoms with Crippen LogP contribution in [0.15, 0.2) is 41.4 Å². The van der Waals surface area contributed by atoms with E-state index in [1.165, 1.54) is 5.56 Å². The average Bonchev–Trinajstić information content (AvgIpc) is 2.82. The first-order valence-corrected chi connectivity index (χ1v) is 10.2. The van der Waals surface area contributed by atoms with Crippen LogP contribution in [0, 0.1) is 0 Å². The molecule has 2 aromatic rings. The van der Waals surface area contributed by atoms with Crippen molar-refractivity contribution in [1.29, 1.82) is 0 Å². The van der Waals surface area contributed by atoms with Crippen LogP contribution in [-0.2, 0) is 24.3 Å². The van der Waals surface area contributed by atoms with Gasteiger partial charge in [-0.05, 0) is 47.4 Å². The Bertz CT molecular complexity index is 934. The predicted octanol–water partition coefficient (Wildman–Crippen LogP) is 2.58. The molecule has 0 unspecified atom stereocenters. The number of methoxy groups -OCH3 is 3. The van der Waals surface area contributed by atoms with Crippen molar-refractivity contribution in [3.05, 3.63) is 53.1 Å². The van der Waals surface area contributed by atoms with Gasteiger partial charge in [-0.25, -0.2) is 0 Å². The number of guanidine groups is 1. The number of carbonyl (C=O) groups is 1. The van der Waals surface area contributed by atoms with E-state index < -0.39 is 0 Å². The number of fused-ring (bicyclic) bond motifs is 1. The highest BCUT2D eigenvalue weighted by molar-refractivity contribution is 14.0. The van der Waals surface area contributed by atoms with Gasteiger partial charge in [0.05, 0.1) is 27.9 Å². The fourth-order valence-electron chi connectivity index (χ4n) is 3.56. The standard InChI is InChI=1S/C23H30N4O4.HI/c1-24-23(26-14-22(28)25-13-16-5-7-19(29-2)8-6-16)27-10-9-17-11-20(30-3)21(31-4)12-18(17)15-27;/h5-8,11-12H,9-10,13-15H2,1-4H3,(H,24,26)(H,25,28);1H. The zero-order chi connectivity index (χ0) is 22.2. The molecule has 0 aromatic heterocycles.